The molecule has 0 spiro atoms. The number of hydrogen-bond acceptors (Lipinski definition) is 3. The fourth-order valence-electron chi connectivity index (χ4n) is 2.46. The molecular weight excluding hydrogens is 212 g/mol. The second kappa shape index (κ2) is 4.26. The van der Waals surface area contributed by atoms with Gasteiger partial charge in [0, 0.05) is 18.0 Å². The molecule has 3 nitrogen and oxygen atoms in total. The van der Waals surface area contributed by atoms with Crippen molar-refractivity contribution < 1.29 is 5.11 Å². The minimum Gasteiger partial charge on any atom is -0.388 e. The van der Waals surface area contributed by atoms with Gasteiger partial charge in [-0.25, -0.2) is 9.97 Å². The maximum atomic E-state index is 10.1. The number of fused-ring (bicyclic) bond motifs is 1. The number of aliphatic hydroxyl groups is 1. The van der Waals surface area contributed by atoms with Crippen molar-refractivity contribution in [3.63, 3.8) is 0 Å². The number of hydrogen-bond donors (Lipinski definition) is 1. The van der Waals surface area contributed by atoms with Gasteiger partial charge >= 0.3 is 0 Å². The molecule has 0 saturated carbocycles. The van der Waals surface area contributed by atoms with Crippen LogP contribution in [0.15, 0.2) is 43.0 Å². The molecule has 0 saturated heterocycles. The predicted octanol–water partition coefficient (Wildman–Crippen LogP) is 2.24. The zero-order valence-electron chi connectivity index (χ0n) is 9.45. The van der Waals surface area contributed by atoms with Crippen LogP contribution in [0.2, 0.25) is 0 Å². The summed E-state index contributed by atoms with van der Waals surface area (Å²) in [6.45, 7) is 0. The molecule has 0 amide bonds. The highest BCUT2D eigenvalue weighted by molar-refractivity contribution is 5.40. The Morgan fingerprint density at radius 3 is 2.76 bits per heavy atom. The summed E-state index contributed by atoms with van der Waals surface area (Å²) < 4.78 is 0. The average molecular weight is 226 g/mol. The van der Waals surface area contributed by atoms with Gasteiger partial charge in [-0.2, -0.15) is 0 Å². The zero-order chi connectivity index (χ0) is 11.7. The van der Waals surface area contributed by atoms with Gasteiger partial charge in [0.05, 0.1) is 6.10 Å². The van der Waals surface area contributed by atoms with Crippen molar-refractivity contribution in [3.05, 3.63) is 59.7 Å². The van der Waals surface area contributed by atoms with Gasteiger partial charge in [-0.15, -0.1) is 0 Å². The Bertz CT molecular complexity index is 513. The van der Waals surface area contributed by atoms with Crippen molar-refractivity contribution in [1.82, 2.24) is 9.97 Å². The average Bonchev–Trinajstić information content (AvgIpc) is 2.37. The first-order valence-corrected chi connectivity index (χ1v) is 5.85. The molecule has 1 aromatic heterocycles. The number of aromatic nitrogens is 2. The Morgan fingerprint density at radius 2 is 2.00 bits per heavy atom. The third kappa shape index (κ3) is 1.94. The van der Waals surface area contributed by atoms with Gasteiger partial charge in [0.15, 0.2) is 0 Å². The lowest BCUT2D eigenvalue weighted by Crippen LogP contribution is -2.19. The standard InChI is InChI=1S/C14H14N2O/c17-14(12-7-15-9-16-8-12)6-11-5-10-3-1-2-4-13(10)11/h1-4,7-9,11,14,17H,5-6H2. The molecule has 3 heteroatoms. The van der Waals surface area contributed by atoms with E-state index in [4.69, 9.17) is 0 Å². The van der Waals surface area contributed by atoms with Crippen LogP contribution in [0, 0.1) is 0 Å². The summed E-state index contributed by atoms with van der Waals surface area (Å²) in [5, 5.41) is 10.1. The normalized spacial score (nSPS) is 19.2. The van der Waals surface area contributed by atoms with E-state index in [1.807, 2.05) is 0 Å². The SMILES string of the molecule is OC(CC1Cc2ccccc21)c1cncnc1. The minimum atomic E-state index is -0.463. The number of rotatable bonds is 3. The van der Waals surface area contributed by atoms with Gasteiger partial charge in [-0.1, -0.05) is 24.3 Å². The number of aliphatic hydroxyl groups excluding tert-OH is 1. The van der Waals surface area contributed by atoms with Crippen molar-refractivity contribution in [2.75, 3.05) is 0 Å². The van der Waals surface area contributed by atoms with Crippen LogP contribution in [-0.2, 0) is 6.42 Å². The largest absolute Gasteiger partial charge is 0.388 e. The Kier molecular flexibility index (Phi) is 2.61. The van der Waals surface area contributed by atoms with E-state index in [2.05, 4.69) is 34.2 Å². The van der Waals surface area contributed by atoms with Gasteiger partial charge in [0.1, 0.15) is 6.33 Å². The van der Waals surface area contributed by atoms with Crippen LogP contribution in [0.1, 0.15) is 35.1 Å². The fraction of sp³-hybridized carbons (Fsp3) is 0.286. The molecule has 1 aliphatic rings. The second-order valence-corrected chi connectivity index (χ2v) is 4.52. The molecule has 17 heavy (non-hydrogen) atoms. The van der Waals surface area contributed by atoms with E-state index in [-0.39, 0.29) is 0 Å². The van der Waals surface area contributed by atoms with Gasteiger partial charge in [0.25, 0.3) is 0 Å². The fourth-order valence-corrected chi connectivity index (χ4v) is 2.46. The van der Waals surface area contributed by atoms with Crippen LogP contribution >= 0.6 is 0 Å². The Labute approximate surface area is 100 Å². The van der Waals surface area contributed by atoms with Gasteiger partial charge in [-0.05, 0) is 29.9 Å². The quantitative estimate of drug-likeness (QED) is 0.873. The Morgan fingerprint density at radius 1 is 1.24 bits per heavy atom. The first kappa shape index (κ1) is 10.4. The smallest absolute Gasteiger partial charge is 0.115 e. The van der Waals surface area contributed by atoms with Crippen LogP contribution < -0.4 is 0 Å². The van der Waals surface area contributed by atoms with Gasteiger partial charge in [-0.3, -0.25) is 0 Å². The van der Waals surface area contributed by atoms with E-state index in [9.17, 15) is 5.11 Å². The molecule has 2 atom stereocenters. The van der Waals surface area contributed by atoms with Gasteiger partial charge < -0.3 is 5.11 Å². The number of nitrogens with zero attached hydrogens (tertiary/aromatic N) is 2. The zero-order valence-corrected chi connectivity index (χ0v) is 9.45. The van der Waals surface area contributed by atoms with E-state index < -0.39 is 6.10 Å². The van der Waals surface area contributed by atoms with E-state index in [0.717, 1.165) is 18.4 Å². The molecule has 86 valence electrons. The van der Waals surface area contributed by atoms with E-state index >= 15 is 0 Å². The lowest BCUT2D eigenvalue weighted by atomic mass is 9.74. The Balaban J connectivity index is 1.70. The van der Waals surface area contributed by atoms with E-state index in [1.165, 1.54) is 17.5 Å². The van der Waals surface area contributed by atoms with Crippen LogP contribution in [-0.4, -0.2) is 15.1 Å². The molecule has 2 unspecified atom stereocenters. The second-order valence-electron chi connectivity index (χ2n) is 4.52. The molecule has 3 rings (SSSR count). The maximum Gasteiger partial charge on any atom is 0.115 e. The maximum absolute atomic E-state index is 10.1. The van der Waals surface area contributed by atoms with Crippen molar-refractivity contribution in [1.29, 1.82) is 0 Å². The molecule has 1 aliphatic carbocycles. The van der Waals surface area contributed by atoms with Crippen LogP contribution in [0.4, 0.5) is 0 Å². The summed E-state index contributed by atoms with van der Waals surface area (Å²) >= 11 is 0. The molecule has 0 bridgehead atoms. The Hall–Kier alpha value is -1.74. The van der Waals surface area contributed by atoms with Gasteiger partial charge in [0.2, 0.25) is 0 Å². The summed E-state index contributed by atoms with van der Waals surface area (Å²) in [6, 6.07) is 8.43. The van der Waals surface area contributed by atoms with Crippen molar-refractivity contribution in [2.45, 2.75) is 24.9 Å². The van der Waals surface area contributed by atoms with Crippen molar-refractivity contribution in [3.8, 4) is 0 Å². The molecule has 1 N–H and O–H groups in total. The first-order chi connectivity index (χ1) is 8.34. The van der Waals surface area contributed by atoms with Crippen LogP contribution in [0.5, 0.6) is 0 Å². The third-order valence-corrected chi connectivity index (χ3v) is 3.43. The molecule has 2 aromatic rings. The summed E-state index contributed by atoms with van der Waals surface area (Å²) in [5.41, 5.74) is 3.59. The molecule has 1 heterocycles. The molecule has 0 aliphatic heterocycles. The lowest BCUT2D eigenvalue weighted by Gasteiger charge is -2.31. The topological polar surface area (TPSA) is 46.0 Å². The highest BCUT2D eigenvalue weighted by atomic mass is 16.3. The van der Waals surface area contributed by atoms with E-state index in [1.54, 1.807) is 12.4 Å². The summed E-state index contributed by atoms with van der Waals surface area (Å²) in [6.07, 6.45) is 6.21. The molecule has 0 radical (unpaired) electrons. The summed E-state index contributed by atoms with van der Waals surface area (Å²) in [5.74, 6) is 0.474. The first-order valence-electron chi connectivity index (χ1n) is 5.85. The molecule has 0 fully saturated rings. The predicted molar refractivity (Wildman–Crippen MR) is 64.5 cm³/mol. The van der Waals surface area contributed by atoms with Crippen molar-refractivity contribution >= 4 is 0 Å². The van der Waals surface area contributed by atoms with Crippen molar-refractivity contribution in [2.24, 2.45) is 0 Å². The molecule has 1 aromatic carbocycles. The summed E-state index contributed by atoms with van der Waals surface area (Å²) in [7, 11) is 0. The third-order valence-electron chi connectivity index (χ3n) is 3.43. The van der Waals surface area contributed by atoms with E-state index in [0.29, 0.717) is 5.92 Å². The van der Waals surface area contributed by atoms with Crippen LogP contribution in [0.3, 0.4) is 0 Å². The summed E-state index contributed by atoms with van der Waals surface area (Å²) in [4.78, 5) is 7.86. The highest BCUT2D eigenvalue weighted by Gasteiger charge is 2.27. The number of benzene rings is 1. The van der Waals surface area contributed by atoms with Crippen LogP contribution in [0.25, 0.3) is 0 Å². The minimum absolute atomic E-state index is 0.463. The molecular formula is C14H14N2O. The monoisotopic (exact) mass is 226 g/mol. The highest BCUT2D eigenvalue weighted by Crippen LogP contribution is 2.40. The lowest BCUT2D eigenvalue weighted by molar-refractivity contribution is 0.153.